The van der Waals surface area contributed by atoms with Crippen LogP contribution in [-0.4, -0.2) is 12.8 Å². The molecule has 0 aromatic heterocycles. The van der Waals surface area contributed by atoms with Gasteiger partial charge in [-0.05, 0) is 36.9 Å². The molecule has 0 atom stereocenters. The summed E-state index contributed by atoms with van der Waals surface area (Å²) in [6.45, 7) is 3.37. The Bertz CT molecular complexity index is 294. The summed E-state index contributed by atoms with van der Waals surface area (Å²) in [4.78, 5) is 1.33. The molecule has 1 aromatic rings. The summed E-state index contributed by atoms with van der Waals surface area (Å²) >= 11 is 1.79. The van der Waals surface area contributed by atoms with Gasteiger partial charge >= 0.3 is 0 Å². The zero-order chi connectivity index (χ0) is 13.1. The SMILES string of the molecule is CCCCCCCCCNc1ccc(SC)cc1. The molecule has 0 aliphatic carbocycles. The lowest BCUT2D eigenvalue weighted by atomic mass is 10.1. The van der Waals surface area contributed by atoms with E-state index in [4.69, 9.17) is 0 Å². The standard InChI is InChI=1S/C16H27NS/c1-3-4-5-6-7-8-9-14-17-15-10-12-16(18-2)13-11-15/h10-13,17H,3-9,14H2,1-2H3. The van der Waals surface area contributed by atoms with Crippen molar-refractivity contribution in [1.29, 1.82) is 0 Å². The van der Waals surface area contributed by atoms with Crippen LogP contribution in [0.5, 0.6) is 0 Å². The van der Waals surface area contributed by atoms with Crippen LogP contribution in [0.4, 0.5) is 5.69 Å². The van der Waals surface area contributed by atoms with E-state index in [1.54, 1.807) is 11.8 Å². The molecule has 0 saturated carbocycles. The van der Waals surface area contributed by atoms with Crippen LogP contribution in [-0.2, 0) is 0 Å². The average molecular weight is 265 g/mol. The maximum atomic E-state index is 3.49. The first-order chi connectivity index (χ1) is 8.86. The summed E-state index contributed by atoms with van der Waals surface area (Å²) in [5, 5.41) is 3.49. The highest BCUT2D eigenvalue weighted by Crippen LogP contribution is 2.17. The third-order valence-electron chi connectivity index (χ3n) is 3.20. The van der Waals surface area contributed by atoms with Gasteiger partial charge in [-0.25, -0.2) is 0 Å². The van der Waals surface area contributed by atoms with Crippen molar-refractivity contribution >= 4 is 17.4 Å². The Kier molecular flexibility index (Phi) is 8.83. The fourth-order valence-electron chi connectivity index (χ4n) is 2.02. The molecule has 0 aliphatic heterocycles. The highest BCUT2D eigenvalue weighted by molar-refractivity contribution is 7.98. The van der Waals surface area contributed by atoms with Gasteiger partial charge in [0.25, 0.3) is 0 Å². The maximum absolute atomic E-state index is 3.49. The van der Waals surface area contributed by atoms with Crippen LogP contribution in [0.2, 0.25) is 0 Å². The van der Waals surface area contributed by atoms with Crippen molar-refractivity contribution < 1.29 is 0 Å². The summed E-state index contributed by atoms with van der Waals surface area (Å²) in [5.74, 6) is 0. The molecule has 0 aliphatic rings. The van der Waals surface area contributed by atoms with Crippen LogP contribution >= 0.6 is 11.8 Å². The second-order valence-electron chi connectivity index (χ2n) is 4.78. The minimum Gasteiger partial charge on any atom is -0.385 e. The number of benzene rings is 1. The van der Waals surface area contributed by atoms with E-state index in [2.05, 4.69) is 42.8 Å². The van der Waals surface area contributed by atoms with E-state index in [1.807, 2.05) is 0 Å². The molecule has 18 heavy (non-hydrogen) atoms. The average Bonchev–Trinajstić information content (AvgIpc) is 2.42. The number of thioether (sulfide) groups is 1. The van der Waals surface area contributed by atoms with Crippen LogP contribution in [0.1, 0.15) is 51.9 Å². The molecule has 2 heteroatoms. The quantitative estimate of drug-likeness (QED) is 0.438. The van der Waals surface area contributed by atoms with Crippen molar-refractivity contribution in [3.63, 3.8) is 0 Å². The number of hydrogen-bond acceptors (Lipinski definition) is 2. The Morgan fingerprint density at radius 2 is 1.50 bits per heavy atom. The summed E-state index contributed by atoms with van der Waals surface area (Å²) < 4.78 is 0. The molecule has 102 valence electrons. The first kappa shape index (κ1) is 15.4. The minimum absolute atomic E-state index is 1.10. The molecular weight excluding hydrogens is 238 g/mol. The fourth-order valence-corrected chi connectivity index (χ4v) is 2.43. The molecule has 0 saturated heterocycles. The van der Waals surface area contributed by atoms with E-state index >= 15 is 0 Å². The fraction of sp³-hybridized carbons (Fsp3) is 0.625. The van der Waals surface area contributed by atoms with Crippen molar-refractivity contribution in [1.82, 2.24) is 0 Å². The third-order valence-corrected chi connectivity index (χ3v) is 3.94. The topological polar surface area (TPSA) is 12.0 Å². The number of rotatable bonds is 10. The monoisotopic (exact) mass is 265 g/mol. The Morgan fingerprint density at radius 3 is 2.11 bits per heavy atom. The number of hydrogen-bond donors (Lipinski definition) is 1. The Hall–Kier alpha value is -0.630. The van der Waals surface area contributed by atoms with Gasteiger partial charge in [0, 0.05) is 17.1 Å². The molecule has 1 rings (SSSR count). The number of anilines is 1. The molecule has 1 N–H and O–H groups in total. The first-order valence-corrected chi connectivity index (χ1v) is 8.47. The van der Waals surface area contributed by atoms with Crippen LogP contribution in [0.15, 0.2) is 29.2 Å². The minimum atomic E-state index is 1.10. The van der Waals surface area contributed by atoms with Crippen molar-refractivity contribution in [3.8, 4) is 0 Å². The second-order valence-corrected chi connectivity index (χ2v) is 5.66. The third kappa shape index (κ3) is 6.95. The predicted molar refractivity (Wildman–Crippen MR) is 84.7 cm³/mol. The molecule has 1 aromatic carbocycles. The summed E-state index contributed by atoms with van der Waals surface area (Å²) in [7, 11) is 0. The van der Waals surface area contributed by atoms with Crippen LogP contribution in [0.25, 0.3) is 0 Å². The van der Waals surface area contributed by atoms with Crippen molar-refractivity contribution in [2.24, 2.45) is 0 Å². The van der Waals surface area contributed by atoms with Gasteiger partial charge in [0.1, 0.15) is 0 Å². The van der Waals surface area contributed by atoms with Gasteiger partial charge in [-0.3, -0.25) is 0 Å². The van der Waals surface area contributed by atoms with Gasteiger partial charge in [0.05, 0.1) is 0 Å². The lowest BCUT2D eigenvalue weighted by Crippen LogP contribution is -2.01. The second kappa shape index (κ2) is 10.3. The number of unbranched alkanes of at least 4 members (excludes halogenated alkanes) is 6. The largest absolute Gasteiger partial charge is 0.385 e. The van der Waals surface area contributed by atoms with Gasteiger partial charge in [-0.1, -0.05) is 45.4 Å². The summed E-state index contributed by atoms with van der Waals surface area (Å²) in [6, 6.07) is 8.70. The molecule has 0 amide bonds. The van der Waals surface area contributed by atoms with Gasteiger partial charge in [-0.15, -0.1) is 11.8 Å². The van der Waals surface area contributed by atoms with E-state index in [9.17, 15) is 0 Å². The Morgan fingerprint density at radius 1 is 0.889 bits per heavy atom. The zero-order valence-electron chi connectivity index (χ0n) is 11.9. The van der Waals surface area contributed by atoms with Gasteiger partial charge in [-0.2, -0.15) is 0 Å². The molecule has 0 spiro atoms. The van der Waals surface area contributed by atoms with E-state index in [-0.39, 0.29) is 0 Å². The maximum Gasteiger partial charge on any atom is 0.0340 e. The van der Waals surface area contributed by atoms with E-state index in [0.29, 0.717) is 0 Å². The van der Waals surface area contributed by atoms with Crippen LogP contribution in [0.3, 0.4) is 0 Å². The Balaban J connectivity index is 2.00. The Labute approximate surface area is 117 Å². The molecule has 0 fully saturated rings. The molecule has 0 radical (unpaired) electrons. The van der Waals surface area contributed by atoms with Crippen molar-refractivity contribution in [2.45, 2.75) is 56.8 Å². The number of nitrogens with one attached hydrogen (secondary N) is 1. The molecule has 0 unspecified atom stereocenters. The molecular formula is C16H27NS. The first-order valence-electron chi connectivity index (χ1n) is 7.24. The molecule has 1 nitrogen and oxygen atoms in total. The highest BCUT2D eigenvalue weighted by Gasteiger charge is 1.94. The lowest BCUT2D eigenvalue weighted by Gasteiger charge is -2.07. The smallest absolute Gasteiger partial charge is 0.0340 e. The molecule has 0 heterocycles. The lowest BCUT2D eigenvalue weighted by molar-refractivity contribution is 0.596. The van der Waals surface area contributed by atoms with Crippen LogP contribution in [0, 0.1) is 0 Å². The molecule has 0 bridgehead atoms. The van der Waals surface area contributed by atoms with Gasteiger partial charge in [0.2, 0.25) is 0 Å². The zero-order valence-corrected chi connectivity index (χ0v) is 12.7. The van der Waals surface area contributed by atoms with E-state index < -0.39 is 0 Å². The van der Waals surface area contributed by atoms with Crippen molar-refractivity contribution in [3.05, 3.63) is 24.3 Å². The van der Waals surface area contributed by atoms with E-state index in [0.717, 1.165) is 6.54 Å². The van der Waals surface area contributed by atoms with Crippen LogP contribution < -0.4 is 5.32 Å². The van der Waals surface area contributed by atoms with E-state index in [1.165, 1.54) is 55.5 Å². The van der Waals surface area contributed by atoms with Gasteiger partial charge < -0.3 is 5.32 Å². The van der Waals surface area contributed by atoms with Crippen molar-refractivity contribution in [2.75, 3.05) is 18.1 Å². The summed E-state index contributed by atoms with van der Waals surface area (Å²) in [5.41, 5.74) is 1.25. The van der Waals surface area contributed by atoms with Gasteiger partial charge in [0.15, 0.2) is 0 Å². The summed E-state index contributed by atoms with van der Waals surface area (Å²) in [6.07, 6.45) is 11.7. The normalized spacial score (nSPS) is 10.6. The highest BCUT2D eigenvalue weighted by atomic mass is 32.2. The predicted octanol–water partition coefficient (Wildman–Crippen LogP) is 5.57.